The van der Waals surface area contributed by atoms with E-state index in [-0.39, 0.29) is 24.2 Å². The second kappa shape index (κ2) is 11.0. The Labute approximate surface area is 140 Å². The van der Waals surface area contributed by atoms with Crippen molar-refractivity contribution in [3.63, 3.8) is 0 Å². The molecule has 0 radical (unpaired) electrons. The lowest BCUT2D eigenvalue weighted by Gasteiger charge is -2.37. The molecule has 0 aliphatic carbocycles. The fourth-order valence-electron chi connectivity index (χ4n) is 2.27. The molecule has 0 bridgehead atoms. The maximum atomic E-state index is 11.3. The van der Waals surface area contributed by atoms with Gasteiger partial charge in [0, 0.05) is 12.2 Å². The summed E-state index contributed by atoms with van der Waals surface area (Å²) < 4.78 is 43.3. The number of hydrogen-bond acceptors (Lipinski definition) is 6. The summed E-state index contributed by atoms with van der Waals surface area (Å²) in [6.07, 6.45) is 0.361. The van der Waals surface area contributed by atoms with Gasteiger partial charge in [-0.2, -0.15) is 0 Å². The molecule has 0 heterocycles. The van der Waals surface area contributed by atoms with Crippen LogP contribution in [0.3, 0.4) is 0 Å². The highest BCUT2D eigenvalue weighted by Crippen LogP contribution is 2.08. The van der Waals surface area contributed by atoms with Gasteiger partial charge in [0.15, 0.2) is 0 Å². The minimum atomic E-state index is -4.15. The van der Waals surface area contributed by atoms with Crippen LogP contribution in [0.25, 0.3) is 0 Å². The molecule has 0 aliphatic rings. The number of quaternary nitrogens is 1. The van der Waals surface area contributed by atoms with Gasteiger partial charge in [-0.25, -0.2) is 8.42 Å². The highest BCUT2D eigenvalue weighted by Gasteiger charge is 2.22. The van der Waals surface area contributed by atoms with E-state index in [1.165, 1.54) is 0 Å². The molecule has 0 aliphatic heterocycles. The van der Waals surface area contributed by atoms with Crippen molar-refractivity contribution in [1.29, 1.82) is 0 Å². The smallest absolute Gasteiger partial charge is 0.308 e. The topological polar surface area (TPSA) is 92.7 Å². The van der Waals surface area contributed by atoms with E-state index in [9.17, 15) is 17.8 Å². The largest absolute Gasteiger partial charge is 0.748 e. The molecule has 8 heteroatoms. The first-order chi connectivity index (χ1) is 10.7. The number of nitrogens with zero attached hydrogens (tertiary/aromatic N) is 1. The quantitative estimate of drug-likeness (QED) is 0.212. The van der Waals surface area contributed by atoms with E-state index in [2.05, 4.69) is 0 Å². The van der Waals surface area contributed by atoms with Crippen LogP contribution in [0.1, 0.15) is 34.1 Å². The highest BCUT2D eigenvalue weighted by atomic mass is 32.2. The van der Waals surface area contributed by atoms with Gasteiger partial charge in [0.2, 0.25) is 0 Å². The third kappa shape index (κ3) is 10.6. The van der Waals surface area contributed by atoms with Crippen LogP contribution in [0.15, 0.2) is 0 Å². The molecule has 0 rings (SSSR count). The number of hydrogen-bond donors (Lipinski definition) is 0. The second-order valence-corrected chi connectivity index (χ2v) is 7.49. The van der Waals surface area contributed by atoms with Gasteiger partial charge in [0.05, 0.1) is 48.9 Å². The van der Waals surface area contributed by atoms with Crippen LogP contribution < -0.4 is 0 Å². The summed E-state index contributed by atoms with van der Waals surface area (Å²) in [6, 6.07) is 0. The second-order valence-electron chi connectivity index (χ2n) is 5.97. The van der Waals surface area contributed by atoms with Crippen LogP contribution in [0.5, 0.6) is 0 Å². The van der Waals surface area contributed by atoms with Gasteiger partial charge in [-0.05, 0) is 13.8 Å². The monoisotopic (exact) mass is 353 g/mol. The van der Waals surface area contributed by atoms with Crippen LogP contribution in [0.2, 0.25) is 0 Å². The number of esters is 1. The average molecular weight is 353 g/mol. The van der Waals surface area contributed by atoms with Crippen LogP contribution in [-0.2, 0) is 24.4 Å². The summed E-state index contributed by atoms with van der Waals surface area (Å²) in [4.78, 5) is 11.3. The minimum absolute atomic E-state index is 0.142. The van der Waals surface area contributed by atoms with E-state index < -0.39 is 10.1 Å². The Morgan fingerprint density at radius 2 is 1.70 bits per heavy atom. The molecule has 0 fully saturated rings. The number of rotatable bonds is 13. The summed E-state index contributed by atoms with van der Waals surface area (Å²) in [6.45, 7) is 11.8. The Balaban J connectivity index is 4.06. The Bertz CT molecular complexity index is 431. The third-order valence-corrected chi connectivity index (χ3v) is 4.81. The van der Waals surface area contributed by atoms with Crippen molar-refractivity contribution in [2.24, 2.45) is 5.92 Å². The zero-order chi connectivity index (χ0) is 17.9. The maximum Gasteiger partial charge on any atom is 0.308 e. The molecule has 7 nitrogen and oxygen atoms in total. The van der Waals surface area contributed by atoms with Crippen LogP contribution in [0, 0.1) is 5.92 Å². The van der Waals surface area contributed by atoms with Crippen LogP contribution in [0.4, 0.5) is 0 Å². The molecule has 0 atom stereocenters. The standard InChI is InChI=1S/C15H31NO6S/c1-5-16(6-2,8-7-13-23(18,19)20)9-10-21-11-12-22-15(17)14(3)4/h14H,5-13H2,1-4H3. The number of likely N-dealkylation sites (N-methyl/N-ethyl adjacent to an activating group) is 1. The molecule has 0 aromatic carbocycles. The van der Waals surface area contributed by atoms with Gasteiger partial charge in [-0.15, -0.1) is 0 Å². The molecule has 138 valence electrons. The minimum Gasteiger partial charge on any atom is -0.748 e. The molecule has 0 spiro atoms. The lowest BCUT2D eigenvalue weighted by Crippen LogP contribution is -2.50. The average Bonchev–Trinajstić information content (AvgIpc) is 2.47. The summed E-state index contributed by atoms with van der Waals surface area (Å²) in [5.41, 5.74) is 0. The fraction of sp³-hybridized carbons (Fsp3) is 0.933. The maximum absolute atomic E-state index is 11.3. The van der Waals surface area contributed by atoms with Gasteiger partial charge in [-0.1, -0.05) is 13.8 Å². The summed E-state index contributed by atoms with van der Waals surface area (Å²) in [7, 11) is -4.15. The summed E-state index contributed by atoms with van der Waals surface area (Å²) >= 11 is 0. The molecule has 0 aromatic heterocycles. The van der Waals surface area contributed by atoms with Crippen LogP contribution in [-0.4, -0.2) is 75.2 Å². The summed E-state index contributed by atoms with van der Waals surface area (Å²) in [5.74, 6) is -0.699. The first-order valence-corrected chi connectivity index (χ1v) is 9.76. The van der Waals surface area contributed by atoms with Crippen molar-refractivity contribution >= 4 is 16.1 Å². The molecule has 0 saturated carbocycles. The first-order valence-electron chi connectivity index (χ1n) is 8.19. The molecule has 0 saturated heterocycles. The van der Waals surface area contributed by atoms with Gasteiger partial charge >= 0.3 is 5.97 Å². The molecule has 0 aromatic rings. The van der Waals surface area contributed by atoms with Crippen molar-refractivity contribution in [2.75, 3.05) is 51.8 Å². The van der Waals surface area contributed by atoms with Crippen molar-refractivity contribution in [2.45, 2.75) is 34.1 Å². The number of carbonyl (C=O) groups excluding carboxylic acids is 1. The van der Waals surface area contributed by atoms with E-state index in [4.69, 9.17) is 9.47 Å². The molecule has 0 N–H and O–H groups in total. The van der Waals surface area contributed by atoms with Crippen LogP contribution >= 0.6 is 0 Å². The van der Waals surface area contributed by atoms with Gasteiger partial charge < -0.3 is 18.5 Å². The predicted octanol–water partition coefficient (Wildman–Crippen LogP) is 0.994. The number of carbonyl (C=O) groups is 1. The van der Waals surface area contributed by atoms with Gasteiger partial charge in [0.25, 0.3) is 0 Å². The summed E-state index contributed by atoms with van der Waals surface area (Å²) in [5, 5.41) is 0. The van der Waals surface area contributed by atoms with E-state index in [1.54, 1.807) is 13.8 Å². The molecule has 0 amide bonds. The van der Waals surface area contributed by atoms with E-state index in [1.807, 2.05) is 13.8 Å². The zero-order valence-electron chi connectivity index (χ0n) is 14.7. The Morgan fingerprint density at radius 3 is 2.17 bits per heavy atom. The highest BCUT2D eigenvalue weighted by molar-refractivity contribution is 7.85. The Morgan fingerprint density at radius 1 is 1.09 bits per heavy atom. The van der Waals surface area contributed by atoms with Crippen molar-refractivity contribution < 1.29 is 31.7 Å². The molecule has 0 unspecified atom stereocenters. The van der Waals surface area contributed by atoms with E-state index >= 15 is 0 Å². The molecular formula is C15H31NO6S. The normalized spacial score (nSPS) is 12.6. The van der Waals surface area contributed by atoms with Gasteiger partial charge in [0.1, 0.15) is 13.2 Å². The van der Waals surface area contributed by atoms with E-state index in [0.717, 1.165) is 19.6 Å². The van der Waals surface area contributed by atoms with Crippen molar-refractivity contribution in [1.82, 2.24) is 0 Å². The number of ether oxygens (including phenoxy) is 2. The Hall–Kier alpha value is -0.700. The molecule has 23 heavy (non-hydrogen) atoms. The van der Waals surface area contributed by atoms with Crippen molar-refractivity contribution in [3.8, 4) is 0 Å². The predicted molar refractivity (Wildman–Crippen MR) is 86.9 cm³/mol. The van der Waals surface area contributed by atoms with Crippen molar-refractivity contribution in [3.05, 3.63) is 0 Å². The van der Waals surface area contributed by atoms with E-state index in [0.29, 0.717) is 30.7 Å². The first kappa shape index (κ1) is 22.3. The zero-order valence-corrected chi connectivity index (χ0v) is 15.6. The lowest BCUT2D eigenvalue weighted by atomic mass is 10.2. The SMILES string of the molecule is CC[N+](CC)(CCCS(=O)(=O)[O-])CCOCCOC(=O)C(C)C. The van der Waals surface area contributed by atoms with Gasteiger partial charge in [-0.3, -0.25) is 4.79 Å². The Kier molecular flexibility index (Phi) is 10.6. The lowest BCUT2D eigenvalue weighted by molar-refractivity contribution is -0.925. The molecular weight excluding hydrogens is 322 g/mol. The third-order valence-electron chi connectivity index (χ3n) is 4.02. The fourth-order valence-corrected chi connectivity index (χ4v) is 2.76.